The third-order valence-electron chi connectivity index (χ3n) is 6.14. The van der Waals surface area contributed by atoms with E-state index in [1.165, 1.54) is 16.9 Å². The van der Waals surface area contributed by atoms with E-state index in [1.54, 1.807) is 54.6 Å². The largest absolute Gasteiger partial charge is 0.507 e. The number of benzene rings is 2. The van der Waals surface area contributed by atoms with Crippen molar-refractivity contribution in [2.75, 3.05) is 38.3 Å². The van der Waals surface area contributed by atoms with Gasteiger partial charge < -0.3 is 24.4 Å². The van der Waals surface area contributed by atoms with Gasteiger partial charge in [0.25, 0.3) is 17.6 Å². The van der Waals surface area contributed by atoms with Gasteiger partial charge in [0.15, 0.2) is 5.54 Å². The first-order chi connectivity index (χ1) is 16.4. The fraction of sp³-hybridized carbons (Fsp3) is 0.269. The zero-order chi connectivity index (χ0) is 24.5. The molecule has 1 N–H and O–H groups in total. The minimum absolute atomic E-state index is 0.00378. The number of methoxy groups -OCH3 is 1. The van der Waals surface area contributed by atoms with E-state index >= 15 is 0 Å². The average Bonchev–Trinajstić information content (AvgIpc) is 3.24. The summed E-state index contributed by atoms with van der Waals surface area (Å²) in [6.07, 6.45) is 1.61. The summed E-state index contributed by atoms with van der Waals surface area (Å²) >= 11 is 0. The van der Waals surface area contributed by atoms with E-state index in [2.05, 4.69) is 6.58 Å². The van der Waals surface area contributed by atoms with Gasteiger partial charge in [0.1, 0.15) is 18.1 Å². The lowest BCUT2D eigenvalue weighted by molar-refractivity contribution is -0.144. The number of para-hydroxylation sites is 1. The molecule has 8 heteroatoms. The van der Waals surface area contributed by atoms with Crippen LogP contribution in [0, 0.1) is 0 Å². The Hall–Kier alpha value is -3.91. The summed E-state index contributed by atoms with van der Waals surface area (Å²) in [5.74, 6) is -2.10. The molecule has 1 fully saturated rings. The number of amides is 2. The Bertz CT molecular complexity index is 1190. The monoisotopic (exact) mass is 462 g/mol. The molecule has 1 saturated heterocycles. The summed E-state index contributed by atoms with van der Waals surface area (Å²) in [7, 11) is 1.47. The normalized spacial score (nSPS) is 20.8. The van der Waals surface area contributed by atoms with Crippen molar-refractivity contribution in [3.8, 4) is 5.75 Å². The fourth-order valence-electron chi connectivity index (χ4n) is 4.67. The molecule has 2 aromatic carbocycles. The maximum Gasteiger partial charge on any atom is 0.296 e. The highest BCUT2D eigenvalue weighted by Gasteiger charge is 2.66. The van der Waals surface area contributed by atoms with Crippen molar-refractivity contribution in [3.63, 3.8) is 0 Å². The molecule has 0 aromatic heterocycles. The van der Waals surface area contributed by atoms with Gasteiger partial charge in [0.05, 0.1) is 17.9 Å². The van der Waals surface area contributed by atoms with E-state index in [-0.39, 0.29) is 24.3 Å². The first-order valence-electron chi connectivity index (χ1n) is 11.0. The third kappa shape index (κ3) is 3.30. The van der Waals surface area contributed by atoms with E-state index in [9.17, 15) is 19.5 Å². The smallest absolute Gasteiger partial charge is 0.296 e. The highest BCUT2D eigenvalue weighted by molar-refractivity contribution is 6.50. The van der Waals surface area contributed by atoms with Crippen LogP contribution in [0.1, 0.15) is 18.1 Å². The number of hydrogen-bond donors (Lipinski definition) is 1. The summed E-state index contributed by atoms with van der Waals surface area (Å²) in [6.45, 7) is 6.19. The molecule has 2 amide bonds. The molecule has 2 aromatic rings. The lowest BCUT2D eigenvalue weighted by atomic mass is 9.82. The van der Waals surface area contributed by atoms with Gasteiger partial charge in [-0.05, 0) is 37.3 Å². The highest BCUT2D eigenvalue weighted by Crippen LogP contribution is 2.53. The van der Waals surface area contributed by atoms with Crippen molar-refractivity contribution in [2.45, 2.75) is 12.5 Å². The van der Waals surface area contributed by atoms with Gasteiger partial charge in [-0.25, -0.2) is 0 Å². The number of ether oxygens (including phenoxy) is 2. The molecule has 1 atom stereocenters. The van der Waals surface area contributed by atoms with E-state index in [0.717, 1.165) is 0 Å². The Balaban J connectivity index is 1.96. The number of ketones is 1. The van der Waals surface area contributed by atoms with Crippen LogP contribution in [0.2, 0.25) is 0 Å². The van der Waals surface area contributed by atoms with Gasteiger partial charge >= 0.3 is 0 Å². The number of aliphatic hydroxyl groups excluding tert-OH is 1. The predicted octanol–water partition coefficient (Wildman–Crippen LogP) is 2.84. The molecule has 0 aliphatic carbocycles. The third-order valence-corrected chi connectivity index (χ3v) is 6.14. The van der Waals surface area contributed by atoms with Gasteiger partial charge in [0.2, 0.25) is 0 Å². The highest BCUT2D eigenvalue weighted by atomic mass is 16.5. The number of carbonyl (C=O) groups is 3. The van der Waals surface area contributed by atoms with Crippen molar-refractivity contribution in [1.82, 2.24) is 4.90 Å². The molecule has 176 valence electrons. The van der Waals surface area contributed by atoms with Crippen LogP contribution in [0.25, 0.3) is 5.76 Å². The van der Waals surface area contributed by atoms with Crippen molar-refractivity contribution in [2.24, 2.45) is 0 Å². The van der Waals surface area contributed by atoms with E-state index in [4.69, 9.17) is 9.47 Å². The number of Topliss-reactive ketones (excluding diaryl/α,β-unsaturated/α-hetero) is 1. The fourth-order valence-corrected chi connectivity index (χ4v) is 4.67. The molecule has 2 aliphatic rings. The lowest BCUT2D eigenvalue weighted by Crippen LogP contribution is -2.52. The van der Waals surface area contributed by atoms with Gasteiger partial charge in [-0.15, -0.1) is 0 Å². The molecule has 1 spiro atoms. The van der Waals surface area contributed by atoms with Crippen molar-refractivity contribution >= 4 is 29.0 Å². The van der Waals surface area contributed by atoms with Gasteiger partial charge in [0, 0.05) is 31.3 Å². The van der Waals surface area contributed by atoms with E-state index in [1.807, 2.05) is 6.92 Å². The second-order valence-electron chi connectivity index (χ2n) is 7.90. The predicted molar refractivity (Wildman–Crippen MR) is 126 cm³/mol. The van der Waals surface area contributed by atoms with Crippen LogP contribution >= 0.6 is 0 Å². The maximum atomic E-state index is 14.0. The van der Waals surface area contributed by atoms with E-state index in [0.29, 0.717) is 30.2 Å². The molecule has 0 bridgehead atoms. The van der Waals surface area contributed by atoms with Crippen molar-refractivity contribution < 1.29 is 29.0 Å². The molecule has 4 rings (SSSR count). The molecule has 0 saturated carbocycles. The van der Waals surface area contributed by atoms with E-state index < -0.39 is 28.9 Å². The second kappa shape index (κ2) is 9.15. The second-order valence-corrected chi connectivity index (χ2v) is 7.90. The van der Waals surface area contributed by atoms with Crippen molar-refractivity contribution in [3.05, 3.63) is 77.9 Å². The zero-order valence-electron chi connectivity index (χ0n) is 19.1. The van der Waals surface area contributed by atoms with Crippen LogP contribution < -0.4 is 9.64 Å². The van der Waals surface area contributed by atoms with Gasteiger partial charge in [-0.2, -0.15) is 0 Å². The topological polar surface area (TPSA) is 96.4 Å². The van der Waals surface area contributed by atoms with Gasteiger partial charge in [-0.3, -0.25) is 14.4 Å². The van der Waals surface area contributed by atoms with Crippen LogP contribution in [0.3, 0.4) is 0 Å². The first kappa shape index (κ1) is 23.3. The summed E-state index contributed by atoms with van der Waals surface area (Å²) in [6, 6.07) is 13.4. The number of hydrogen-bond acceptors (Lipinski definition) is 6. The molecule has 2 heterocycles. The molecular formula is C26H26N2O6. The lowest BCUT2D eigenvalue weighted by Gasteiger charge is -2.34. The molecule has 0 radical (unpaired) electrons. The Kier molecular flexibility index (Phi) is 6.26. The Morgan fingerprint density at radius 1 is 1.12 bits per heavy atom. The number of likely N-dealkylation sites (N-methyl/N-ethyl adjacent to an activating group) is 1. The van der Waals surface area contributed by atoms with Crippen LogP contribution in [-0.2, 0) is 24.7 Å². The Morgan fingerprint density at radius 2 is 1.82 bits per heavy atom. The van der Waals surface area contributed by atoms with Crippen LogP contribution in [0.15, 0.2) is 66.8 Å². The number of anilines is 1. The number of carbonyl (C=O) groups excluding carboxylic acids is 3. The van der Waals surface area contributed by atoms with Crippen LogP contribution in [0.5, 0.6) is 5.75 Å². The average molecular weight is 463 g/mol. The van der Waals surface area contributed by atoms with Crippen LogP contribution in [-0.4, -0.2) is 61.0 Å². The number of likely N-dealkylation sites (tertiary alicyclic amines) is 1. The minimum Gasteiger partial charge on any atom is -0.507 e. The molecular weight excluding hydrogens is 436 g/mol. The Morgan fingerprint density at radius 3 is 2.47 bits per heavy atom. The zero-order valence-corrected chi connectivity index (χ0v) is 19.1. The molecule has 34 heavy (non-hydrogen) atoms. The summed E-state index contributed by atoms with van der Waals surface area (Å²) in [5.41, 5.74) is -0.665. The summed E-state index contributed by atoms with van der Waals surface area (Å²) < 4.78 is 10.6. The minimum atomic E-state index is -1.78. The SMILES string of the molecule is C=CCOc1ccc(/C(O)=C2\C(=O)C(=O)N(CCOC)C23C(=O)N(CC)c2ccccc23)cc1. The first-order valence-corrected chi connectivity index (χ1v) is 11.0. The molecule has 1 unspecified atom stereocenters. The number of nitrogens with zero attached hydrogens (tertiary/aromatic N) is 2. The number of fused-ring (bicyclic) bond motifs is 2. The quantitative estimate of drug-likeness (QED) is 0.281. The van der Waals surface area contributed by atoms with Gasteiger partial charge in [-0.1, -0.05) is 30.9 Å². The number of rotatable bonds is 8. The van der Waals surface area contributed by atoms with Crippen molar-refractivity contribution in [1.29, 1.82) is 0 Å². The Labute approximate surface area is 197 Å². The standard InChI is InChI=1S/C26H26N2O6/c1-4-15-34-18-12-10-17(11-13-18)22(29)21-23(30)24(31)28(14-16-33-3)26(21)19-8-6-7-9-20(19)27(5-2)25(26)32/h4,6-13,29H,1,5,14-16H2,2-3H3/b22-21-. The maximum absolute atomic E-state index is 14.0. The molecule has 2 aliphatic heterocycles. The number of aliphatic hydroxyl groups is 1. The summed E-state index contributed by atoms with van der Waals surface area (Å²) in [5, 5.41) is 11.4. The summed E-state index contributed by atoms with van der Waals surface area (Å²) in [4.78, 5) is 43.3. The van der Waals surface area contributed by atoms with Crippen LogP contribution in [0.4, 0.5) is 5.69 Å². The molecule has 8 nitrogen and oxygen atoms in total.